The van der Waals surface area contributed by atoms with Crippen molar-refractivity contribution in [3.05, 3.63) is 36.5 Å². The zero-order valence-corrected chi connectivity index (χ0v) is 37.3. The maximum absolute atomic E-state index is 12.8. The number of carbonyl (C=O) groups excluding carboxylic acids is 1. The molecule has 1 fully saturated rings. The first-order chi connectivity index (χ1) is 28.4. The molecule has 0 amide bonds. The fraction of sp³-hybridized carbons (Fsp3) is 0.857. The van der Waals surface area contributed by atoms with Gasteiger partial charge in [0.15, 0.2) is 6.29 Å². The molecule has 0 aromatic carbocycles. The molecule has 0 aromatic rings. The number of esters is 1. The van der Waals surface area contributed by atoms with Crippen molar-refractivity contribution in [1.29, 1.82) is 0 Å². The fourth-order valence-electron chi connectivity index (χ4n) is 7.21. The van der Waals surface area contributed by atoms with Crippen LogP contribution in [0.4, 0.5) is 0 Å². The molecule has 0 aromatic heterocycles. The Morgan fingerprint density at radius 2 is 1.02 bits per heavy atom. The smallest absolute Gasteiger partial charge is 0.306 e. The third-order valence-electron chi connectivity index (χ3n) is 11.0. The summed E-state index contributed by atoms with van der Waals surface area (Å²) in [5, 5.41) is 40.1. The lowest BCUT2D eigenvalue weighted by molar-refractivity contribution is -0.305. The Morgan fingerprint density at radius 1 is 0.552 bits per heavy atom. The Hall–Kier alpha value is -1.59. The van der Waals surface area contributed by atoms with Crippen LogP contribution in [-0.4, -0.2) is 89.6 Å². The summed E-state index contributed by atoms with van der Waals surface area (Å²) < 4.78 is 22.8. The van der Waals surface area contributed by atoms with Gasteiger partial charge in [-0.1, -0.05) is 172 Å². The minimum atomic E-state index is -1.54. The highest BCUT2D eigenvalue weighted by atomic mass is 16.7. The number of carbonyl (C=O) groups is 1. The van der Waals surface area contributed by atoms with Crippen LogP contribution in [0.1, 0.15) is 206 Å². The number of hydrogen-bond acceptors (Lipinski definition) is 9. The van der Waals surface area contributed by atoms with Crippen LogP contribution >= 0.6 is 0 Å². The molecule has 9 nitrogen and oxygen atoms in total. The van der Waals surface area contributed by atoms with Crippen LogP contribution in [0.2, 0.25) is 0 Å². The summed E-state index contributed by atoms with van der Waals surface area (Å²) in [4.78, 5) is 12.8. The van der Waals surface area contributed by atoms with Gasteiger partial charge in [0.25, 0.3) is 0 Å². The lowest BCUT2D eigenvalue weighted by Gasteiger charge is -2.39. The first-order valence-electron chi connectivity index (χ1n) is 24.1. The van der Waals surface area contributed by atoms with E-state index < -0.39 is 43.4 Å². The topological polar surface area (TPSA) is 135 Å². The van der Waals surface area contributed by atoms with Crippen LogP contribution in [0.3, 0.4) is 0 Å². The fourth-order valence-corrected chi connectivity index (χ4v) is 7.21. The number of aliphatic hydroxyl groups is 4. The molecule has 1 heterocycles. The van der Waals surface area contributed by atoms with Gasteiger partial charge in [-0.15, -0.1) is 0 Å². The molecule has 58 heavy (non-hydrogen) atoms. The molecule has 4 N–H and O–H groups in total. The number of aliphatic hydroxyl groups excluding tert-OH is 4. The van der Waals surface area contributed by atoms with Crippen molar-refractivity contribution in [1.82, 2.24) is 0 Å². The molecule has 0 bridgehead atoms. The number of unbranched alkanes of at least 4 members (excludes halogenated alkanes) is 24. The predicted octanol–water partition coefficient (Wildman–Crippen LogP) is 11.1. The minimum Gasteiger partial charge on any atom is -0.457 e. The van der Waals surface area contributed by atoms with E-state index in [1.807, 2.05) is 0 Å². The Morgan fingerprint density at radius 3 is 1.55 bits per heavy atom. The van der Waals surface area contributed by atoms with E-state index in [4.69, 9.17) is 18.9 Å². The summed E-state index contributed by atoms with van der Waals surface area (Å²) in [7, 11) is 0. The Labute approximate surface area is 355 Å². The SMILES string of the molecule is CCCC/C=C\CCCCCCCCOCC(COC1OC(CO)C(O)C(O)C1O)OC(=O)CCCCCCCCCCCCC/C=C\C/C=C\CCCCCCC. The van der Waals surface area contributed by atoms with Gasteiger partial charge in [0.05, 0.1) is 19.8 Å². The zero-order chi connectivity index (χ0) is 42.2. The van der Waals surface area contributed by atoms with Gasteiger partial charge >= 0.3 is 5.97 Å². The highest BCUT2D eigenvalue weighted by Gasteiger charge is 2.44. The van der Waals surface area contributed by atoms with E-state index in [0.29, 0.717) is 13.0 Å². The van der Waals surface area contributed by atoms with Crippen molar-refractivity contribution >= 4 is 5.97 Å². The van der Waals surface area contributed by atoms with Crippen LogP contribution in [0.25, 0.3) is 0 Å². The highest BCUT2D eigenvalue weighted by molar-refractivity contribution is 5.69. The number of allylic oxidation sites excluding steroid dienone is 6. The Kier molecular flexibility index (Phi) is 38.3. The van der Waals surface area contributed by atoms with Gasteiger partial charge in [-0.3, -0.25) is 4.79 Å². The highest BCUT2D eigenvalue weighted by Crippen LogP contribution is 2.23. The molecule has 0 spiro atoms. The van der Waals surface area contributed by atoms with Crippen molar-refractivity contribution < 1.29 is 44.2 Å². The second-order valence-corrected chi connectivity index (χ2v) is 16.6. The molecule has 9 heteroatoms. The van der Waals surface area contributed by atoms with Gasteiger partial charge in [-0.25, -0.2) is 0 Å². The molecule has 340 valence electrons. The third-order valence-corrected chi connectivity index (χ3v) is 11.0. The van der Waals surface area contributed by atoms with E-state index in [1.165, 1.54) is 135 Å². The summed E-state index contributed by atoms with van der Waals surface area (Å²) in [6, 6.07) is 0. The lowest BCUT2D eigenvalue weighted by atomic mass is 9.99. The second-order valence-electron chi connectivity index (χ2n) is 16.6. The van der Waals surface area contributed by atoms with Gasteiger partial charge in [-0.2, -0.15) is 0 Å². The molecule has 6 atom stereocenters. The minimum absolute atomic E-state index is 0.115. The molecule has 1 saturated heterocycles. The Balaban J connectivity index is 2.19. The average molecular weight is 823 g/mol. The predicted molar refractivity (Wildman–Crippen MR) is 238 cm³/mol. The standard InChI is InChI=1S/C49H90O9/c1-3-5-7-9-11-13-15-17-18-19-20-21-22-23-24-25-26-27-28-30-32-34-36-38-45(51)57-43(42-56-49-48(54)47(53)46(52)44(40-50)58-49)41-55-39-37-35-33-31-29-16-14-12-10-8-6-4-2/h10,12,15,17,19-20,43-44,46-50,52-54H,3-9,11,13-14,16,18,21-42H2,1-2H3/b12-10-,17-15-,20-19-. The van der Waals surface area contributed by atoms with Gasteiger partial charge in [-0.05, 0) is 64.2 Å². The normalized spacial score (nSPS) is 20.6. The van der Waals surface area contributed by atoms with Crippen molar-refractivity contribution in [3.8, 4) is 0 Å². The van der Waals surface area contributed by atoms with Crippen molar-refractivity contribution in [3.63, 3.8) is 0 Å². The first kappa shape index (κ1) is 54.4. The van der Waals surface area contributed by atoms with Crippen LogP contribution in [0.15, 0.2) is 36.5 Å². The summed E-state index contributed by atoms with van der Waals surface area (Å²) in [5.41, 5.74) is 0. The first-order valence-corrected chi connectivity index (χ1v) is 24.1. The van der Waals surface area contributed by atoms with Crippen LogP contribution in [-0.2, 0) is 23.7 Å². The largest absolute Gasteiger partial charge is 0.457 e. The van der Waals surface area contributed by atoms with E-state index in [-0.39, 0.29) is 19.2 Å². The van der Waals surface area contributed by atoms with E-state index in [9.17, 15) is 25.2 Å². The molecular weight excluding hydrogens is 733 g/mol. The van der Waals surface area contributed by atoms with E-state index in [1.54, 1.807) is 0 Å². The number of rotatable bonds is 41. The summed E-state index contributed by atoms with van der Waals surface area (Å²) in [5.74, 6) is -0.318. The van der Waals surface area contributed by atoms with E-state index >= 15 is 0 Å². The maximum atomic E-state index is 12.8. The molecule has 1 rings (SSSR count). The zero-order valence-electron chi connectivity index (χ0n) is 37.3. The van der Waals surface area contributed by atoms with Gasteiger partial charge in [0.2, 0.25) is 0 Å². The van der Waals surface area contributed by atoms with Crippen LogP contribution in [0.5, 0.6) is 0 Å². The summed E-state index contributed by atoms with van der Waals surface area (Å²) in [6.45, 7) is 4.51. The Bertz CT molecular complexity index is 983. The molecular formula is C49H90O9. The molecule has 0 radical (unpaired) electrons. The molecule has 0 aliphatic carbocycles. The number of hydrogen-bond donors (Lipinski definition) is 4. The maximum Gasteiger partial charge on any atom is 0.306 e. The molecule has 1 aliphatic rings. The van der Waals surface area contributed by atoms with Gasteiger partial charge in [0.1, 0.15) is 30.5 Å². The van der Waals surface area contributed by atoms with E-state index in [0.717, 1.165) is 51.4 Å². The number of ether oxygens (including phenoxy) is 4. The van der Waals surface area contributed by atoms with Crippen LogP contribution < -0.4 is 0 Å². The van der Waals surface area contributed by atoms with Crippen molar-refractivity contribution in [2.24, 2.45) is 0 Å². The quantitative estimate of drug-likeness (QED) is 0.0270. The van der Waals surface area contributed by atoms with Crippen molar-refractivity contribution in [2.75, 3.05) is 26.4 Å². The average Bonchev–Trinajstić information content (AvgIpc) is 3.22. The lowest BCUT2D eigenvalue weighted by Crippen LogP contribution is -2.59. The van der Waals surface area contributed by atoms with Crippen molar-refractivity contribution in [2.45, 2.75) is 243 Å². The van der Waals surface area contributed by atoms with Crippen LogP contribution in [0, 0.1) is 0 Å². The van der Waals surface area contributed by atoms with Gasteiger partial charge in [0, 0.05) is 13.0 Å². The molecule has 1 aliphatic heterocycles. The second kappa shape index (κ2) is 40.8. The van der Waals surface area contributed by atoms with Gasteiger partial charge < -0.3 is 39.4 Å². The summed E-state index contributed by atoms with van der Waals surface area (Å²) >= 11 is 0. The summed E-state index contributed by atoms with van der Waals surface area (Å²) in [6.07, 6.45) is 41.7. The molecule has 0 saturated carbocycles. The third kappa shape index (κ3) is 31.3. The monoisotopic (exact) mass is 823 g/mol. The van der Waals surface area contributed by atoms with E-state index in [2.05, 4.69) is 50.3 Å². The molecule has 6 unspecified atom stereocenters.